The fourth-order valence-corrected chi connectivity index (χ4v) is 1.32. The van der Waals surface area contributed by atoms with Crippen molar-refractivity contribution >= 4 is 17.0 Å². The molecule has 0 aliphatic carbocycles. The molecule has 16 heavy (non-hydrogen) atoms. The number of benzene rings is 1. The minimum absolute atomic E-state index is 0.201. The van der Waals surface area contributed by atoms with Gasteiger partial charge in [-0.3, -0.25) is 4.98 Å². The maximum Gasteiger partial charge on any atom is 0.357 e. The van der Waals surface area contributed by atoms with E-state index >= 15 is 0 Å². The highest BCUT2D eigenvalue weighted by Crippen LogP contribution is 2.15. The second-order valence-electron chi connectivity index (χ2n) is 3.09. The van der Waals surface area contributed by atoms with Gasteiger partial charge in [-0.1, -0.05) is 12.1 Å². The lowest BCUT2D eigenvalue weighted by Crippen LogP contribution is -2.12. The molecule has 0 atom stereocenters. The van der Waals surface area contributed by atoms with Gasteiger partial charge in [0.1, 0.15) is 0 Å². The van der Waals surface area contributed by atoms with Crippen LogP contribution in [0.15, 0.2) is 24.3 Å². The Kier molecular flexibility index (Phi) is 2.68. The highest BCUT2D eigenvalue weighted by Gasteiger charge is 2.11. The average Bonchev–Trinajstić information content (AvgIpc) is 2.28. The number of esters is 1. The van der Waals surface area contributed by atoms with E-state index in [1.807, 2.05) is 0 Å². The van der Waals surface area contributed by atoms with Crippen molar-refractivity contribution in [2.75, 3.05) is 6.61 Å². The molecule has 82 valence electrons. The van der Waals surface area contributed by atoms with Gasteiger partial charge in [0, 0.05) is 5.88 Å². The SMILES string of the molecule is CCOC(=O)c1nc2ccccc2nc1[O-]. The number of ether oxygens (including phenoxy) is 1. The van der Waals surface area contributed by atoms with Gasteiger partial charge in [-0.2, -0.15) is 0 Å². The summed E-state index contributed by atoms with van der Waals surface area (Å²) in [6.07, 6.45) is 0. The molecule has 5 nitrogen and oxygen atoms in total. The number of nitrogens with zero attached hydrogens (tertiary/aromatic N) is 2. The zero-order chi connectivity index (χ0) is 11.5. The van der Waals surface area contributed by atoms with Crippen molar-refractivity contribution in [1.29, 1.82) is 0 Å². The molecule has 1 aromatic carbocycles. The third-order valence-corrected chi connectivity index (χ3v) is 2.01. The predicted molar refractivity (Wildman–Crippen MR) is 54.9 cm³/mol. The Labute approximate surface area is 91.7 Å². The standard InChI is InChI=1S/C11H10N2O3/c1-2-16-11(15)9-10(14)13-8-6-4-3-5-7(8)12-9/h3-6H,2H2,1H3,(H,13,14)/p-1. The van der Waals surface area contributed by atoms with Gasteiger partial charge >= 0.3 is 5.97 Å². The molecule has 0 bridgehead atoms. The van der Waals surface area contributed by atoms with E-state index in [1.165, 1.54) is 0 Å². The summed E-state index contributed by atoms with van der Waals surface area (Å²) in [7, 11) is 0. The number of rotatable bonds is 2. The molecule has 0 amide bonds. The molecule has 5 heteroatoms. The molecule has 0 saturated heterocycles. The van der Waals surface area contributed by atoms with Gasteiger partial charge in [0.25, 0.3) is 0 Å². The first kappa shape index (κ1) is 10.4. The molecule has 0 radical (unpaired) electrons. The van der Waals surface area contributed by atoms with Crippen LogP contribution in [0, 0.1) is 0 Å². The van der Waals surface area contributed by atoms with E-state index in [0.717, 1.165) is 0 Å². The van der Waals surface area contributed by atoms with E-state index in [1.54, 1.807) is 31.2 Å². The van der Waals surface area contributed by atoms with Crippen LogP contribution in [0.4, 0.5) is 0 Å². The molecule has 0 saturated carbocycles. The lowest BCUT2D eigenvalue weighted by molar-refractivity contribution is -0.275. The number of hydrogen-bond donors (Lipinski definition) is 0. The van der Waals surface area contributed by atoms with Crippen molar-refractivity contribution in [2.24, 2.45) is 0 Å². The van der Waals surface area contributed by atoms with Crippen LogP contribution in [0.5, 0.6) is 5.88 Å². The van der Waals surface area contributed by atoms with Crippen LogP contribution in [-0.2, 0) is 4.74 Å². The van der Waals surface area contributed by atoms with Crippen LogP contribution >= 0.6 is 0 Å². The average molecular weight is 217 g/mol. The summed E-state index contributed by atoms with van der Waals surface area (Å²) in [6.45, 7) is 1.86. The van der Waals surface area contributed by atoms with Gasteiger partial charge in [0.15, 0.2) is 5.69 Å². The topological polar surface area (TPSA) is 75.1 Å². The van der Waals surface area contributed by atoms with Crippen molar-refractivity contribution in [3.8, 4) is 5.88 Å². The van der Waals surface area contributed by atoms with Gasteiger partial charge in [-0.25, -0.2) is 9.78 Å². The smallest absolute Gasteiger partial charge is 0.357 e. The normalized spacial score (nSPS) is 10.3. The van der Waals surface area contributed by atoms with Crippen LogP contribution in [0.25, 0.3) is 11.0 Å². The number of fused-ring (bicyclic) bond motifs is 1. The molecule has 1 heterocycles. The highest BCUT2D eigenvalue weighted by molar-refractivity contribution is 5.92. The third kappa shape index (κ3) is 1.79. The van der Waals surface area contributed by atoms with Crippen molar-refractivity contribution in [3.63, 3.8) is 0 Å². The largest absolute Gasteiger partial charge is 0.857 e. The van der Waals surface area contributed by atoms with Gasteiger partial charge < -0.3 is 9.84 Å². The second-order valence-corrected chi connectivity index (χ2v) is 3.09. The van der Waals surface area contributed by atoms with Gasteiger partial charge in [0.05, 0.1) is 17.6 Å². The second kappa shape index (κ2) is 4.14. The van der Waals surface area contributed by atoms with Crippen molar-refractivity contribution < 1.29 is 14.6 Å². The molecule has 0 N–H and O–H groups in total. The summed E-state index contributed by atoms with van der Waals surface area (Å²) in [6, 6.07) is 6.86. The molecular weight excluding hydrogens is 208 g/mol. The van der Waals surface area contributed by atoms with Gasteiger partial charge in [-0.15, -0.1) is 0 Å². The van der Waals surface area contributed by atoms with E-state index in [9.17, 15) is 9.90 Å². The van der Waals surface area contributed by atoms with Crippen molar-refractivity contribution in [3.05, 3.63) is 30.0 Å². The Morgan fingerprint density at radius 2 is 1.94 bits per heavy atom. The van der Waals surface area contributed by atoms with E-state index < -0.39 is 11.8 Å². The van der Waals surface area contributed by atoms with E-state index in [-0.39, 0.29) is 12.3 Å². The Morgan fingerprint density at radius 1 is 1.31 bits per heavy atom. The highest BCUT2D eigenvalue weighted by atomic mass is 16.5. The summed E-state index contributed by atoms with van der Waals surface area (Å²) in [5, 5.41) is 11.5. The maximum atomic E-state index is 11.5. The van der Waals surface area contributed by atoms with E-state index in [4.69, 9.17) is 4.74 Å². The molecule has 0 fully saturated rings. The minimum atomic E-state index is -0.731. The number of aromatic nitrogens is 2. The Bertz CT molecular complexity index is 540. The molecule has 0 aliphatic rings. The third-order valence-electron chi connectivity index (χ3n) is 2.01. The lowest BCUT2D eigenvalue weighted by Gasteiger charge is -2.11. The molecule has 0 unspecified atom stereocenters. The summed E-state index contributed by atoms with van der Waals surface area (Å²) < 4.78 is 4.72. The van der Waals surface area contributed by atoms with Gasteiger partial charge in [0.2, 0.25) is 0 Å². The number of para-hydroxylation sites is 2. The summed E-state index contributed by atoms with van der Waals surface area (Å²) >= 11 is 0. The summed E-state index contributed by atoms with van der Waals surface area (Å²) in [5.41, 5.74) is 0.714. The van der Waals surface area contributed by atoms with Gasteiger partial charge in [-0.05, 0) is 19.1 Å². The number of carbonyl (C=O) groups excluding carboxylic acids is 1. The first-order chi connectivity index (χ1) is 7.72. The summed E-state index contributed by atoms with van der Waals surface area (Å²) in [4.78, 5) is 19.1. The fraction of sp³-hybridized carbons (Fsp3) is 0.182. The summed E-state index contributed by atoms with van der Waals surface area (Å²) in [5.74, 6) is -1.39. The zero-order valence-corrected chi connectivity index (χ0v) is 8.64. The monoisotopic (exact) mass is 217 g/mol. The maximum absolute atomic E-state index is 11.5. The van der Waals surface area contributed by atoms with E-state index in [0.29, 0.717) is 11.0 Å². The van der Waals surface area contributed by atoms with Crippen molar-refractivity contribution in [1.82, 2.24) is 9.97 Å². The number of hydrogen-bond acceptors (Lipinski definition) is 5. The van der Waals surface area contributed by atoms with Crippen LogP contribution in [-0.4, -0.2) is 22.5 Å². The van der Waals surface area contributed by atoms with Crippen LogP contribution in [0.3, 0.4) is 0 Å². The first-order valence-corrected chi connectivity index (χ1v) is 4.83. The van der Waals surface area contributed by atoms with Crippen molar-refractivity contribution in [2.45, 2.75) is 6.92 Å². The molecule has 2 aromatic rings. The molecule has 0 aliphatic heterocycles. The molecular formula is C11H9N2O3-. The van der Waals surface area contributed by atoms with Crippen LogP contribution in [0.1, 0.15) is 17.4 Å². The zero-order valence-electron chi connectivity index (χ0n) is 8.64. The Morgan fingerprint density at radius 3 is 2.56 bits per heavy atom. The lowest BCUT2D eigenvalue weighted by atomic mass is 10.3. The molecule has 0 spiro atoms. The number of carbonyl (C=O) groups is 1. The Balaban J connectivity index is 2.54. The molecule has 2 rings (SSSR count). The van der Waals surface area contributed by atoms with Crippen LogP contribution in [0.2, 0.25) is 0 Å². The first-order valence-electron chi connectivity index (χ1n) is 4.83. The predicted octanol–water partition coefficient (Wildman–Crippen LogP) is 0.880. The minimum Gasteiger partial charge on any atom is -0.857 e. The van der Waals surface area contributed by atoms with Crippen LogP contribution < -0.4 is 5.11 Å². The molecule has 1 aromatic heterocycles. The fourth-order valence-electron chi connectivity index (χ4n) is 1.32. The quantitative estimate of drug-likeness (QED) is 0.698. The van der Waals surface area contributed by atoms with E-state index in [2.05, 4.69) is 9.97 Å². The Hall–Kier alpha value is -2.17.